The largest absolute Gasteiger partial charge is 0.366 e. The van der Waals surface area contributed by atoms with Crippen molar-refractivity contribution in [3.8, 4) is 11.8 Å². The molecule has 1 aromatic carbocycles. The maximum absolute atomic E-state index is 15.0. The van der Waals surface area contributed by atoms with Crippen molar-refractivity contribution in [1.29, 1.82) is 0 Å². The Balaban J connectivity index is 2.02. The van der Waals surface area contributed by atoms with E-state index < -0.39 is 11.7 Å². The molecule has 5 nitrogen and oxygen atoms in total. The van der Waals surface area contributed by atoms with Crippen LogP contribution in [0.2, 0.25) is 0 Å². The molecule has 0 spiro atoms. The number of benzene rings is 1. The van der Waals surface area contributed by atoms with Gasteiger partial charge in [0.05, 0.1) is 11.1 Å². The van der Waals surface area contributed by atoms with Gasteiger partial charge in [-0.25, -0.2) is 4.39 Å². The second kappa shape index (κ2) is 6.83. The lowest BCUT2D eigenvalue weighted by Gasteiger charge is -2.16. The molecule has 1 aromatic heterocycles. The second-order valence-corrected chi connectivity index (χ2v) is 6.86. The minimum atomic E-state index is -0.656. The van der Waals surface area contributed by atoms with Crippen LogP contribution in [-0.2, 0) is 4.79 Å². The molecule has 1 aliphatic rings. The zero-order chi connectivity index (χ0) is 19.0. The van der Waals surface area contributed by atoms with Gasteiger partial charge in [0.2, 0.25) is 0 Å². The third kappa shape index (κ3) is 3.05. The van der Waals surface area contributed by atoms with Crippen LogP contribution in [0.25, 0.3) is 10.9 Å². The highest BCUT2D eigenvalue weighted by atomic mass is 19.1. The first-order valence-electron chi connectivity index (χ1n) is 8.67. The van der Waals surface area contributed by atoms with E-state index in [4.69, 9.17) is 5.73 Å². The van der Waals surface area contributed by atoms with Gasteiger partial charge in [0, 0.05) is 22.7 Å². The van der Waals surface area contributed by atoms with Gasteiger partial charge in [0.25, 0.3) is 11.8 Å². The zero-order valence-electron chi connectivity index (χ0n) is 15.1. The van der Waals surface area contributed by atoms with Gasteiger partial charge in [-0.3, -0.25) is 9.59 Å². The van der Waals surface area contributed by atoms with Gasteiger partial charge in [0.15, 0.2) is 0 Å². The van der Waals surface area contributed by atoms with Crippen molar-refractivity contribution in [3.63, 3.8) is 0 Å². The van der Waals surface area contributed by atoms with E-state index in [1.807, 2.05) is 13.8 Å². The fraction of sp³-hybridized carbons (Fsp3) is 0.400. The Morgan fingerprint density at radius 3 is 2.73 bits per heavy atom. The Morgan fingerprint density at radius 1 is 1.35 bits per heavy atom. The summed E-state index contributed by atoms with van der Waals surface area (Å²) in [5.41, 5.74) is 8.59. The molecule has 1 aliphatic carbocycles. The quantitative estimate of drug-likeness (QED) is 0.739. The lowest BCUT2D eigenvalue weighted by molar-refractivity contribution is -0.116. The number of fused-ring (bicyclic) bond motifs is 1. The average molecular weight is 355 g/mol. The molecule has 6 heteroatoms. The monoisotopic (exact) mass is 355 g/mol. The van der Waals surface area contributed by atoms with Crippen LogP contribution in [0.5, 0.6) is 0 Å². The van der Waals surface area contributed by atoms with E-state index in [2.05, 4.69) is 22.1 Å². The predicted octanol–water partition coefficient (Wildman–Crippen LogP) is 2.80. The summed E-state index contributed by atoms with van der Waals surface area (Å²) in [6.07, 6.45) is 2.17. The van der Waals surface area contributed by atoms with Gasteiger partial charge in [-0.1, -0.05) is 5.92 Å². The molecule has 0 saturated heterocycles. The molecular formula is C20H22FN3O2. The van der Waals surface area contributed by atoms with Gasteiger partial charge in [0.1, 0.15) is 5.82 Å². The minimum Gasteiger partial charge on any atom is -0.366 e. The number of carbonyl (C=O) groups excluding carboxylic acids is 2. The second-order valence-electron chi connectivity index (χ2n) is 6.86. The van der Waals surface area contributed by atoms with Crippen LogP contribution in [0.3, 0.4) is 0 Å². The van der Waals surface area contributed by atoms with E-state index in [9.17, 15) is 14.0 Å². The van der Waals surface area contributed by atoms with E-state index in [1.54, 1.807) is 6.92 Å². The third-order valence-electron chi connectivity index (χ3n) is 5.25. The van der Waals surface area contributed by atoms with E-state index in [-0.39, 0.29) is 23.4 Å². The Hall–Kier alpha value is -2.81. The van der Waals surface area contributed by atoms with Crippen LogP contribution < -0.4 is 11.1 Å². The number of H-pyrrole nitrogens is 1. The number of rotatable bonds is 3. The molecule has 0 bridgehead atoms. The molecule has 136 valence electrons. The van der Waals surface area contributed by atoms with Crippen molar-refractivity contribution in [2.45, 2.75) is 52.0 Å². The van der Waals surface area contributed by atoms with Crippen LogP contribution in [0.1, 0.15) is 59.3 Å². The van der Waals surface area contributed by atoms with Crippen molar-refractivity contribution >= 4 is 22.7 Å². The highest BCUT2D eigenvalue weighted by Crippen LogP contribution is 2.41. The van der Waals surface area contributed by atoms with Gasteiger partial charge >= 0.3 is 0 Å². The number of halogens is 1. The Kier molecular flexibility index (Phi) is 4.73. The molecule has 2 atom stereocenters. The van der Waals surface area contributed by atoms with Crippen LogP contribution in [0.4, 0.5) is 4.39 Å². The normalized spacial score (nSPS) is 19.2. The highest BCUT2D eigenvalue weighted by Gasteiger charge is 2.32. The van der Waals surface area contributed by atoms with Crippen LogP contribution in [0, 0.1) is 31.5 Å². The molecule has 26 heavy (non-hydrogen) atoms. The molecule has 4 N–H and O–H groups in total. The number of hydrogen-bond donors (Lipinski definition) is 3. The zero-order valence-corrected chi connectivity index (χ0v) is 15.1. The summed E-state index contributed by atoms with van der Waals surface area (Å²) in [7, 11) is 0. The predicted molar refractivity (Wildman–Crippen MR) is 98.2 cm³/mol. The first-order valence-corrected chi connectivity index (χ1v) is 8.67. The summed E-state index contributed by atoms with van der Waals surface area (Å²) in [5, 5.41) is 3.62. The summed E-state index contributed by atoms with van der Waals surface area (Å²) < 4.78 is 15.0. The smallest absolute Gasteiger partial charge is 0.296 e. The van der Waals surface area contributed by atoms with Crippen LogP contribution in [-0.4, -0.2) is 22.8 Å². The highest BCUT2D eigenvalue weighted by molar-refractivity contribution is 6.07. The SMILES string of the molecule is CC#CC(=O)N[C@@H]1CCC(c2c(F)cc(C(N)=O)c3[nH]c(C)c(C)c23)C1. The van der Waals surface area contributed by atoms with E-state index in [1.165, 1.54) is 6.07 Å². The summed E-state index contributed by atoms with van der Waals surface area (Å²) in [6.45, 7) is 5.41. The van der Waals surface area contributed by atoms with E-state index in [0.29, 0.717) is 17.5 Å². The first-order chi connectivity index (χ1) is 12.3. The molecule has 1 heterocycles. The van der Waals surface area contributed by atoms with Gasteiger partial charge < -0.3 is 16.0 Å². The summed E-state index contributed by atoms with van der Waals surface area (Å²) in [6, 6.07) is 1.20. The molecule has 1 unspecified atom stereocenters. The van der Waals surface area contributed by atoms with Crippen molar-refractivity contribution in [2.75, 3.05) is 0 Å². The molecule has 1 fully saturated rings. The number of nitrogens with two attached hydrogens (primary N) is 1. The molecule has 3 rings (SSSR count). The average Bonchev–Trinajstić information content (AvgIpc) is 3.13. The van der Waals surface area contributed by atoms with Crippen molar-refractivity contribution in [3.05, 3.63) is 34.3 Å². The lowest BCUT2D eigenvalue weighted by Crippen LogP contribution is -2.31. The van der Waals surface area contributed by atoms with Gasteiger partial charge in [-0.2, -0.15) is 0 Å². The minimum absolute atomic E-state index is 0.0287. The van der Waals surface area contributed by atoms with E-state index in [0.717, 1.165) is 29.5 Å². The summed E-state index contributed by atoms with van der Waals surface area (Å²) >= 11 is 0. The first kappa shape index (κ1) is 18.0. The number of amides is 2. The topological polar surface area (TPSA) is 88.0 Å². The maximum Gasteiger partial charge on any atom is 0.296 e. The van der Waals surface area contributed by atoms with Crippen molar-refractivity contribution < 1.29 is 14.0 Å². The van der Waals surface area contributed by atoms with Gasteiger partial charge in [-0.15, -0.1) is 0 Å². The molecular weight excluding hydrogens is 333 g/mol. The number of carbonyl (C=O) groups is 2. The van der Waals surface area contributed by atoms with Crippen LogP contribution in [0.15, 0.2) is 6.07 Å². The van der Waals surface area contributed by atoms with Crippen LogP contribution >= 0.6 is 0 Å². The number of aromatic nitrogens is 1. The number of aromatic amines is 1. The number of primary amides is 1. The summed E-state index contributed by atoms with van der Waals surface area (Å²) in [4.78, 5) is 26.6. The third-order valence-corrected chi connectivity index (χ3v) is 5.25. The molecule has 2 aromatic rings. The fourth-order valence-electron chi connectivity index (χ4n) is 3.96. The van der Waals surface area contributed by atoms with Crippen molar-refractivity contribution in [2.24, 2.45) is 5.73 Å². The number of nitrogens with one attached hydrogen (secondary N) is 2. The molecule has 1 saturated carbocycles. The summed E-state index contributed by atoms with van der Waals surface area (Å²) in [5.74, 6) is 3.63. The van der Waals surface area contributed by atoms with Crippen molar-refractivity contribution in [1.82, 2.24) is 10.3 Å². The Bertz CT molecular complexity index is 965. The van der Waals surface area contributed by atoms with E-state index >= 15 is 0 Å². The molecule has 0 radical (unpaired) electrons. The van der Waals surface area contributed by atoms with Gasteiger partial charge in [-0.05, 0) is 63.5 Å². The Labute approximate surface area is 151 Å². The standard InChI is InChI=1S/C20H22FN3O2/c1-4-5-16(25)24-13-7-6-12(8-13)18-15(21)9-14(20(22)26)19-17(18)10(2)11(3)23-19/h9,12-13,23H,6-8H2,1-3H3,(H2,22,26)(H,24,25)/t12?,13-/m1/s1. The lowest BCUT2D eigenvalue weighted by atomic mass is 9.90. The molecule has 0 aliphatic heterocycles. The number of aryl methyl sites for hydroxylation is 2. The molecule has 2 amide bonds. The Morgan fingerprint density at radius 2 is 2.08 bits per heavy atom. The fourth-order valence-corrected chi connectivity index (χ4v) is 3.96. The maximum atomic E-state index is 15.0. The number of hydrogen-bond acceptors (Lipinski definition) is 2.